The number of rotatable bonds is 10. The molecule has 1 rings (SSSR count). The quantitative estimate of drug-likeness (QED) is 0.492. The van der Waals surface area contributed by atoms with E-state index < -0.39 is 5.82 Å². The number of carbonyl (C=O) groups excluding carboxylic acids is 1. The van der Waals surface area contributed by atoms with Crippen LogP contribution in [0.25, 0.3) is 0 Å². The van der Waals surface area contributed by atoms with E-state index in [-0.39, 0.29) is 5.78 Å². The molecular weight excluding hydrogens is 273 g/mol. The van der Waals surface area contributed by atoms with Gasteiger partial charge in [-0.15, -0.1) is 0 Å². The van der Waals surface area contributed by atoms with Gasteiger partial charge in [-0.2, -0.15) is 0 Å². The van der Waals surface area contributed by atoms with E-state index in [0.717, 1.165) is 0 Å². The lowest BCUT2D eigenvalue weighted by atomic mass is 10.1. The minimum atomic E-state index is -0.393. The van der Waals surface area contributed by atoms with Crippen molar-refractivity contribution in [3.05, 3.63) is 29.6 Å². The number of Topliss-reactive ketones (excluding diaryl/α,β-unsaturated/α-hetero) is 1. The van der Waals surface area contributed by atoms with Crippen molar-refractivity contribution in [1.82, 2.24) is 0 Å². The Kier molecular flexibility index (Phi) is 7.93. The van der Waals surface area contributed by atoms with Crippen molar-refractivity contribution in [3.63, 3.8) is 0 Å². The van der Waals surface area contributed by atoms with Gasteiger partial charge in [-0.3, -0.25) is 4.79 Å². The van der Waals surface area contributed by atoms with E-state index in [1.807, 2.05) is 18.7 Å². The molecule has 0 aliphatic carbocycles. The third kappa shape index (κ3) is 5.81. The van der Waals surface area contributed by atoms with Crippen molar-refractivity contribution in [2.75, 3.05) is 44.4 Å². The first-order chi connectivity index (χ1) is 10.1. The summed E-state index contributed by atoms with van der Waals surface area (Å²) in [5.74, 6) is -0.536. The molecule has 21 heavy (non-hydrogen) atoms. The van der Waals surface area contributed by atoms with Gasteiger partial charge in [0.1, 0.15) is 5.82 Å². The number of ether oxygens (including phenoxy) is 2. The van der Waals surface area contributed by atoms with Gasteiger partial charge in [0, 0.05) is 31.9 Å². The van der Waals surface area contributed by atoms with Gasteiger partial charge in [-0.1, -0.05) is 0 Å². The molecule has 0 amide bonds. The number of benzene rings is 1. The third-order valence-electron chi connectivity index (χ3n) is 3.11. The molecule has 0 unspecified atom stereocenters. The zero-order valence-electron chi connectivity index (χ0n) is 13.0. The van der Waals surface area contributed by atoms with Crippen LogP contribution in [0.15, 0.2) is 18.2 Å². The summed E-state index contributed by atoms with van der Waals surface area (Å²) in [6.07, 6.45) is 0. The molecule has 5 heteroatoms. The third-order valence-corrected chi connectivity index (χ3v) is 3.11. The van der Waals surface area contributed by atoms with E-state index in [2.05, 4.69) is 0 Å². The fraction of sp³-hybridized carbons (Fsp3) is 0.562. The van der Waals surface area contributed by atoms with E-state index >= 15 is 0 Å². The van der Waals surface area contributed by atoms with E-state index in [4.69, 9.17) is 9.47 Å². The standard InChI is InChI=1S/C16H24FNO3/c1-4-20-10-8-18(9-11-21-5-2)16-7-6-14(13(3)19)12-15(16)17/h6-7,12H,4-5,8-11H2,1-3H3. The topological polar surface area (TPSA) is 38.8 Å². The Balaban J connectivity index is 2.82. The van der Waals surface area contributed by atoms with E-state index in [0.29, 0.717) is 50.8 Å². The van der Waals surface area contributed by atoms with Gasteiger partial charge < -0.3 is 14.4 Å². The number of nitrogens with zero attached hydrogens (tertiary/aromatic N) is 1. The van der Waals surface area contributed by atoms with Crippen LogP contribution in [0.4, 0.5) is 10.1 Å². The highest BCUT2D eigenvalue weighted by Gasteiger charge is 2.13. The summed E-state index contributed by atoms with van der Waals surface area (Å²) in [7, 11) is 0. The van der Waals surface area contributed by atoms with Crippen molar-refractivity contribution in [1.29, 1.82) is 0 Å². The Morgan fingerprint density at radius 3 is 2.14 bits per heavy atom. The zero-order chi connectivity index (χ0) is 15.7. The van der Waals surface area contributed by atoms with Gasteiger partial charge in [0.25, 0.3) is 0 Å². The molecule has 1 aromatic carbocycles. The van der Waals surface area contributed by atoms with Crippen molar-refractivity contribution < 1.29 is 18.7 Å². The average Bonchev–Trinajstić information content (AvgIpc) is 2.46. The molecule has 0 fully saturated rings. The van der Waals surface area contributed by atoms with Gasteiger partial charge >= 0.3 is 0 Å². The Morgan fingerprint density at radius 1 is 1.14 bits per heavy atom. The first kappa shape index (κ1) is 17.6. The van der Waals surface area contributed by atoms with Crippen LogP contribution < -0.4 is 4.90 Å². The molecule has 118 valence electrons. The van der Waals surface area contributed by atoms with Crippen LogP contribution in [0.5, 0.6) is 0 Å². The Hall–Kier alpha value is -1.46. The number of halogens is 1. The second-order valence-corrected chi connectivity index (χ2v) is 4.60. The SMILES string of the molecule is CCOCCN(CCOCC)c1ccc(C(C)=O)cc1F. The van der Waals surface area contributed by atoms with Crippen molar-refractivity contribution in [3.8, 4) is 0 Å². The zero-order valence-corrected chi connectivity index (χ0v) is 13.0. The number of hydrogen-bond donors (Lipinski definition) is 0. The maximum atomic E-state index is 14.2. The smallest absolute Gasteiger partial charge is 0.159 e. The highest BCUT2D eigenvalue weighted by Crippen LogP contribution is 2.20. The van der Waals surface area contributed by atoms with Gasteiger partial charge in [0.05, 0.1) is 18.9 Å². The first-order valence-corrected chi connectivity index (χ1v) is 7.31. The molecule has 1 aromatic rings. The van der Waals surface area contributed by atoms with E-state index in [1.165, 1.54) is 13.0 Å². The second kappa shape index (κ2) is 9.47. The first-order valence-electron chi connectivity index (χ1n) is 7.31. The molecule has 0 aromatic heterocycles. The molecule has 0 atom stereocenters. The molecule has 0 radical (unpaired) electrons. The van der Waals surface area contributed by atoms with Crippen LogP contribution in [0.2, 0.25) is 0 Å². The van der Waals surface area contributed by atoms with Crippen molar-refractivity contribution in [2.45, 2.75) is 20.8 Å². The van der Waals surface area contributed by atoms with Gasteiger partial charge in [-0.05, 0) is 39.0 Å². The molecule has 0 bridgehead atoms. The predicted molar refractivity (Wildman–Crippen MR) is 81.6 cm³/mol. The minimum Gasteiger partial charge on any atom is -0.380 e. The monoisotopic (exact) mass is 297 g/mol. The normalized spacial score (nSPS) is 10.7. The Bertz CT molecular complexity index is 441. The average molecular weight is 297 g/mol. The van der Waals surface area contributed by atoms with Crippen molar-refractivity contribution >= 4 is 11.5 Å². The fourth-order valence-electron chi connectivity index (χ4n) is 1.97. The van der Waals surface area contributed by atoms with Gasteiger partial charge in [0.15, 0.2) is 5.78 Å². The summed E-state index contributed by atoms with van der Waals surface area (Å²) >= 11 is 0. The van der Waals surface area contributed by atoms with Gasteiger partial charge in [0.2, 0.25) is 0 Å². The van der Waals surface area contributed by atoms with E-state index in [1.54, 1.807) is 12.1 Å². The molecule has 0 N–H and O–H groups in total. The molecular formula is C16H24FNO3. The van der Waals surface area contributed by atoms with Gasteiger partial charge in [-0.25, -0.2) is 4.39 Å². The molecule has 0 saturated carbocycles. The molecule has 0 aliphatic rings. The Labute approximate surface area is 125 Å². The van der Waals surface area contributed by atoms with Crippen LogP contribution in [0, 0.1) is 5.82 Å². The maximum absolute atomic E-state index is 14.2. The summed E-state index contributed by atoms with van der Waals surface area (Å²) in [5, 5.41) is 0. The lowest BCUT2D eigenvalue weighted by molar-refractivity contribution is 0.101. The molecule has 0 saturated heterocycles. The fourth-order valence-corrected chi connectivity index (χ4v) is 1.97. The molecule has 0 heterocycles. The van der Waals surface area contributed by atoms with Crippen LogP contribution in [0.1, 0.15) is 31.1 Å². The van der Waals surface area contributed by atoms with Crippen LogP contribution in [0.3, 0.4) is 0 Å². The number of hydrogen-bond acceptors (Lipinski definition) is 4. The van der Waals surface area contributed by atoms with E-state index in [9.17, 15) is 9.18 Å². The lowest BCUT2D eigenvalue weighted by Crippen LogP contribution is -2.32. The van der Waals surface area contributed by atoms with Crippen LogP contribution >= 0.6 is 0 Å². The number of ketones is 1. The highest BCUT2D eigenvalue weighted by molar-refractivity contribution is 5.94. The number of carbonyl (C=O) groups is 1. The summed E-state index contributed by atoms with van der Waals surface area (Å²) < 4.78 is 24.9. The summed E-state index contributed by atoms with van der Waals surface area (Å²) in [4.78, 5) is 13.2. The molecule has 0 spiro atoms. The maximum Gasteiger partial charge on any atom is 0.159 e. The van der Waals surface area contributed by atoms with Crippen LogP contribution in [-0.4, -0.2) is 45.3 Å². The van der Waals surface area contributed by atoms with Crippen molar-refractivity contribution in [2.24, 2.45) is 0 Å². The Morgan fingerprint density at radius 2 is 1.71 bits per heavy atom. The summed E-state index contributed by atoms with van der Waals surface area (Å²) in [6, 6.07) is 4.57. The lowest BCUT2D eigenvalue weighted by Gasteiger charge is -2.25. The summed E-state index contributed by atoms with van der Waals surface area (Å²) in [5.41, 5.74) is 0.852. The minimum absolute atomic E-state index is 0.143. The highest BCUT2D eigenvalue weighted by atomic mass is 19.1. The molecule has 4 nitrogen and oxygen atoms in total. The number of anilines is 1. The predicted octanol–water partition coefficient (Wildman–Crippen LogP) is 2.91. The van der Waals surface area contributed by atoms with Crippen LogP contribution in [-0.2, 0) is 9.47 Å². The largest absolute Gasteiger partial charge is 0.380 e. The second-order valence-electron chi connectivity index (χ2n) is 4.60. The molecule has 0 aliphatic heterocycles. The summed E-state index contributed by atoms with van der Waals surface area (Å²) in [6.45, 7) is 8.74.